The largest absolute Gasteiger partial charge is 0.466 e. The van der Waals surface area contributed by atoms with Crippen molar-refractivity contribution in [3.8, 4) is 0 Å². The van der Waals surface area contributed by atoms with E-state index in [1.165, 1.54) is 135 Å². The number of carbonyl (C=O) groups excluding carboxylic acids is 2. The monoisotopic (exact) mass is 811 g/mol. The number of unbranched alkanes of at least 4 members (excludes halogenated alkanes) is 24. The fourth-order valence-electron chi connectivity index (χ4n) is 7.87. The molecule has 0 aromatic heterocycles. The third-order valence-electron chi connectivity index (χ3n) is 11.6. The molecule has 0 heterocycles. The van der Waals surface area contributed by atoms with Gasteiger partial charge in [0.05, 0.1) is 19.8 Å². The molecule has 0 aromatic carbocycles. The van der Waals surface area contributed by atoms with Crippen LogP contribution >= 0.6 is 0 Å². The van der Waals surface area contributed by atoms with E-state index in [0.29, 0.717) is 32.5 Å². The minimum Gasteiger partial charge on any atom is -0.466 e. The summed E-state index contributed by atoms with van der Waals surface area (Å²) in [6.45, 7) is 12.9. The average molecular weight is 811 g/mol. The van der Waals surface area contributed by atoms with Crippen LogP contribution < -0.4 is 0 Å². The number of hydrogen-bond donors (Lipinski definition) is 2. The van der Waals surface area contributed by atoms with Crippen LogP contribution in [-0.4, -0.2) is 97.1 Å². The van der Waals surface area contributed by atoms with Crippen molar-refractivity contribution in [3.05, 3.63) is 0 Å². The molecule has 340 valence electrons. The van der Waals surface area contributed by atoms with Crippen LogP contribution in [0.3, 0.4) is 0 Å². The van der Waals surface area contributed by atoms with Gasteiger partial charge in [-0.25, -0.2) is 0 Å². The van der Waals surface area contributed by atoms with Gasteiger partial charge < -0.3 is 24.6 Å². The Hall–Kier alpha value is -1.22. The molecule has 0 spiro atoms. The highest BCUT2D eigenvalue weighted by Crippen LogP contribution is 2.19. The molecule has 0 aromatic rings. The Kier molecular flexibility index (Phi) is 44.9. The molecule has 0 saturated heterocycles. The quantitative estimate of drug-likeness (QED) is 0.0463. The van der Waals surface area contributed by atoms with Crippen molar-refractivity contribution in [3.63, 3.8) is 0 Å². The molecule has 0 atom stereocenters. The Bertz CT molecular complexity index is 808. The summed E-state index contributed by atoms with van der Waals surface area (Å²) in [4.78, 5) is 29.7. The van der Waals surface area contributed by atoms with Crippen molar-refractivity contribution < 1.29 is 29.3 Å². The van der Waals surface area contributed by atoms with E-state index in [1.807, 2.05) is 0 Å². The number of esters is 2. The van der Waals surface area contributed by atoms with Crippen molar-refractivity contribution in [1.29, 1.82) is 0 Å². The molecule has 8 heteroatoms. The molecule has 0 aliphatic heterocycles. The van der Waals surface area contributed by atoms with Crippen molar-refractivity contribution in [1.82, 2.24) is 9.80 Å². The summed E-state index contributed by atoms with van der Waals surface area (Å²) >= 11 is 0. The fourth-order valence-corrected chi connectivity index (χ4v) is 7.87. The van der Waals surface area contributed by atoms with Gasteiger partial charge in [-0.2, -0.15) is 0 Å². The van der Waals surface area contributed by atoms with Gasteiger partial charge in [-0.3, -0.25) is 14.5 Å². The number of carbonyl (C=O) groups is 2. The highest BCUT2D eigenvalue weighted by molar-refractivity contribution is 5.69. The molecule has 0 unspecified atom stereocenters. The number of rotatable bonds is 47. The molecule has 0 rings (SSSR count). The predicted octanol–water partition coefficient (Wildman–Crippen LogP) is 12.4. The highest BCUT2D eigenvalue weighted by atomic mass is 16.5. The van der Waals surface area contributed by atoms with E-state index >= 15 is 0 Å². The zero-order valence-corrected chi connectivity index (χ0v) is 38.4. The fraction of sp³-hybridized carbons (Fsp3) is 0.959. The molecule has 0 saturated carbocycles. The molecule has 0 bridgehead atoms. The van der Waals surface area contributed by atoms with Crippen LogP contribution in [0.2, 0.25) is 0 Å². The van der Waals surface area contributed by atoms with Crippen LogP contribution in [0.1, 0.15) is 239 Å². The van der Waals surface area contributed by atoms with Gasteiger partial charge in [0.25, 0.3) is 0 Å². The lowest BCUT2D eigenvalue weighted by Crippen LogP contribution is -2.34. The summed E-state index contributed by atoms with van der Waals surface area (Å²) in [5, 5.41) is 18.8. The van der Waals surface area contributed by atoms with Gasteiger partial charge in [0.15, 0.2) is 0 Å². The Morgan fingerprint density at radius 1 is 0.404 bits per heavy atom. The molecule has 0 fully saturated rings. The minimum absolute atomic E-state index is 0.0123. The topological polar surface area (TPSA) is 99.5 Å². The first kappa shape index (κ1) is 55.8. The van der Waals surface area contributed by atoms with Crippen molar-refractivity contribution >= 4 is 11.9 Å². The number of aliphatic hydroxyl groups excluding tert-OH is 2. The first-order chi connectivity index (χ1) is 28.0. The summed E-state index contributed by atoms with van der Waals surface area (Å²) in [6, 6.07) is 0. The van der Waals surface area contributed by atoms with Crippen LogP contribution in [0.5, 0.6) is 0 Å². The van der Waals surface area contributed by atoms with E-state index in [1.54, 1.807) is 0 Å². The van der Waals surface area contributed by atoms with E-state index in [-0.39, 0.29) is 31.3 Å². The van der Waals surface area contributed by atoms with Crippen molar-refractivity contribution in [2.24, 2.45) is 0 Å². The average Bonchev–Trinajstić information content (AvgIpc) is 3.20. The summed E-state index contributed by atoms with van der Waals surface area (Å²) in [5.41, 5.74) is 0. The summed E-state index contributed by atoms with van der Waals surface area (Å²) in [6.07, 6.45) is 39.2. The molecule has 2 N–H and O–H groups in total. The molecule has 0 radical (unpaired) electrons. The van der Waals surface area contributed by atoms with Crippen molar-refractivity contribution in [2.45, 2.75) is 245 Å². The van der Waals surface area contributed by atoms with Gasteiger partial charge in [0.1, 0.15) is 6.10 Å². The van der Waals surface area contributed by atoms with Gasteiger partial charge in [-0.05, 0) is 90.4 Å². The van der Waals surface area contributed by atoms with E-state index in [4.69, 9.17) is 9.47 Å². The van der Waals surface area contributed by atoms with Gasteiger partial charge in [-0.1, -0.05) is 162 Å². The van der Waals surface area contributed by atoms with Crippen LogP contribution in [-0.2, 0) is 19.1 Å². The smallest absolute Gasteiger partial charge is 0.306 e. The maximum absolute atomic E-state index is 12.8. The van der Waals surface area contributed by atoms with E-state index in [0.717, 1.165) is 96.8 Å². The second-order valence-corrected chi connectivity index (χ2v) is 17.1. The van der Waals surface area contributed by atoms with Crippen LogP contribution in [0.4, 0.5) is 0 Å². The lowest BCUT2D eigenvalue weighted by molar-refractivity contribution is -0.150. The third-order valence-corrected chi connectivity index (χ3v) is 11.6. The van der Waals surface area contributed by atoms with Gasteiger partial charge >= 0.3 is 11.9 Å². The van der Waals surface area contributed by atoms with Gasteiger partial charge in [-0.15, -0.1) is 0 Å². The molecule has 0 aliphatic rings. The Labute approximate surface area is 354 Å². The molecular formula is C49H98N2O6. The second-order valence-electron chi connectivity index (χ2n) is 17.1. The molecule has 8 nitrogen and oxygen atoms in total. The van der Waals surface area contributed by atoms with Gasteiger partial charge in [0, 0.05) is 25.9 Å². The first-order valence-electron chi connectivity index (χ1n) is 25.0. The number of ether oxygens (including phenoxy) is 2. The van der Waals surface area contributed by atoms with E-state index < -0.39 is 0 Å². The summed E-state index contributed by atoms with van der Waals surface area (Å²) in [7, 11) is 0. The SMILES string of the molecule is CCCCCCCCCOC(=O)CCCCCCCN(CCCCCCCC(=O)OC(CCCCCCCC)CCCCCCCC)CCCN(CCO)CCO. The molecule has 0 amide bonds. The Morgan fingerprint density at radius 3 is 1.21 bits per heavy atom. The highest BCUT2D eigenvalue weighted by Gasteiger charge is 2.15. The van der Waals surface area contributed by atoms with E-state index in [9.17, 15) is 19.8 Å². The lowest BCUT2D eigenvalue weighted by Gasteiger charge is -2.25. The van der Waals surface area contributed by atoms with E-state index in [2.05, 4.69) is 30.6 Å². The lowest BCUT2D eigenvalue weighted by atomic mass is 10.0. The maximum atomic E-state index is 12.8. The number of aliphatic hydroxyl groups is 2. The standard InChI is InChI=1S/C49H98N2O6/c1-4-7-10-13-16-25-32-46-56-48(54)36-28-21-17-23-30-38-50(40-33-41-51(42-44-52)43-45-53)39-31-24-18-22-29-37-49(55)57-47(34-26-19-14-11-8-5-2)35-27-20-15-12-9-6-3/h47,52-53H,4-46H2,1-3H3. The third kappa shape index (κ3) is 41.3. The first-order valence-corrected chi connectivity index (χ1v) is 25.0. The molecular weight excluding hydrogens is 713 g/mol. The summed E-state index contributed by atoms with van der Waals surface area (Å²) in [5.74, 6) is -0.0203. The predicted molar refractivity (Wildman–Crippen MR) is 242 cm³/mol. The van der Waals surface area contributed by atoms with Crippen molar-refractivity contribution in [2.75, 3.05) is 59.1 Å². The Balaban J connectivity index is 4.43. The molecule has 0 aliphatic carbocycles. The summed E-state index contributed by atoms with van der Waals surface area (Å²) < 4.78 is 11.5. The van der Waals surface area contributed by atoms with Crippen LogP contribution in [0, 0.1) is 0 Å². The zero-order chi connectivity index (χ0) is 41.7. The van der Waals surface area contributed by atoms with Crippen LogP contribution in [0.15, 0.2) is 0 Å². The van der Waals surface area contributed by atoms with Crippen LogP contribution in [0.25, 0.3) is 0 Å². The second kappa shape index (κ2) is 45.9. The Morgan fingerprint density at radius 2 is 0.754 bits per heavy atom. The maximum Gasteiger partial charge on any atom is 0.306 e. The van der Waals surface area contributed by atoms with Gasteiger partial charge in [0.2, 0.25) is 0 Å². The number of hydrogen-bond acceptors (Lipinski definition) is 8. The zero-order valence-electron chi connectivity index (χ0n) is 38.4. The molecule has 57 heavy (non-hydrogen) atoms. The number of nitrogens with zero attached hydrogens (tertiary/aromatic N) is 2. The minimum atomic E-state index is -0.0326. The normalized spacial score (nSPS) is 11.7.